The average Bonchev–Trinajstić information content (AvgIpc) is 2.63. The van der Waals surface area contributed by atoms with Crippen molar-refractivity contribution in [2.45, 2.75) is 19.4 Å². The molecule has 5 heteroatoms. The molecule has 0 aromatic carbocycles. The van der Waals surface area contributed by atoms with E-state index in [0.717, 1.165) is 17.0 Å². The zero-order chi connectivity index (χ0) is 10.8. The summed E-state index contributed by atoms with van der Waals surface area (Å²) in [5, 5.41) is 4.35. The highest BCUT2D eigenvalue weighted by Gasteiger charge is 2.17. The molecule has 0 amide bonds. The average molecular weight is 263 g/mol. The summed E-state index contributed by atoms with van der Waals surface area (Å²) in [5.41, 5.74) is 1.98. The van der Waals surface area contributed by atoms with Crippen molar-refractivity contribution in [1.29, 1.82) is 0 Å². The van der Waals surface area contributed by atoms with Crippen LogP contribution in [0.5, 0.6) is 0 Å². The Kier molecular flexibility index (Phi) is 3.65. The molecule has 2 rings (SSSR count). The van der Waals surface area contributed by atoms with Gasteiger partial charge in [-0.1, -0.05) is 23.2 Å². The molecule has 1 aromatic rings. The maximum atomic E-state index is 6.05. The topological polar surface area (TPSA) is 24.9 Å². The molecule has 1 aromatic heterocycles. The van der Waals surface area contributed by atoms with Crippen molar-refractivity contribution < 1.29 is 0 Å². The lowest BCUT2D eigenvalue weighted by Gasteiger charge is -2.16. The fourth-order valence-electron chi connectivity index (χ4n) is 1.62. The van der Waals surface area contributed by atoms with Crippen molar-refractivity contribution in [3.8, 4) is 0 Å². The zero-order valence-corrected chi connectivity index (χ0v) is 10.7. The van der Waals surface area contributed by atoms with Crippen LogP contribution in [0, 0.1) is 6.92 Å². The van der Waals surface area contributed by atoms with E-state index in [2.05, 4.69) is 10.3 Å². The summed E-state index contributed by atoms with van der Waals surface area (Å²) in [5.74, 6) is 2.35. The number of aryl methyl sites for hydroxylation is 1. The van der Waals surface area contributed by atoms with E-state index in [-0.39, 0.29) is 0 Å². The minimum Gasteiger partial charge on any atom is -0.379 e. The molecular weight excluding hydrogens is 251 g/mol. The number of anilines is 1. The molecule has 82 valence electrons. The van der Waals surface area contributed by atoms with Gasteiger partial charge in [0.2, 0.25) is 0 Å². The van der Waals surface area contributed by atoms with Crippen molar-refractivity contribution in [2.24, 2.45) is 0 Å². The number of rotatable bonds is 2. The molecule has 1 N–H and O–H groups in total. The molecule has 1 saturated heterocycles. The predicted octanol–water partition coefficient (Wildman–Crippen LogP) is 3.61. The van der Waals surface area contributed by atoms with Crippen molar-refractivity contribution in [3.05, 3.63) is 21.9 Å². The molecule has 0 saturated carbocycles. The molecule has 0 radical (unpaired) electrons. The number of aromatic nitrogens is 1. The molecule has 2 heterocycles. The summed E-state index contributed by atoms with van der Waals surface area (Å²) in [7, 11) is 0. The Labute approximate surface area is 104 Å². The van der Waals surface area contributed by atoms with Gasteiger partial charge in [-0.3, -0.25) is 0 Å². The van der Waals surface area contributed by atoms with Crippen LogP contribution in [0.2, 0.25) is 10.3 Å². The molecule has 0 spiro atoms. The van der Waals surface area contributed by atoms with E-state index in [4.69, 9.17) is 23.2 Å². The van der Waals surface area contributed by atoms with Gasteiger partial charge in [-0.25, -0.2) is 4.98 Å². The van der Waals surface area contributed by atoms with Crippen LogP contribution in [0.1, 0.15) is 12.0 Å². The van der Waals surface area contributed by atoms with Gasteiger partial charge in [0.05, 0.1) is 5.69 Å². The Morgan fingerprint density at radius 1 is 1.53 bits per heavy atom. The van der Waals surface area contributed by atoms with Crippen LogP contribution in [-0.4, -0.2) is 22.5 Å². The number of thioether (sulfide) groups is 1. The highest BCUT2D eigenvalue weighted by atomic mass is 35.5. The van der Waals surface area contributed by atoms with Crippen LogP contribution in [0.3, 0.4) is 0 Å². The van der Waals surface area contributed by atoms with E-state index in [1.807, 2.05) is 24.8 Å². The molecule has 1 atom stereocenters. The fourth-order valence-corrected chi connectivity index (χ4v) is 3.36. The van der Waals surface area contributed by atoms with Crippen LogP contribution in [0.4, 0.5) is 5.69 Å². The van der Waals surface area contributed by atoms with Crippen molar-refractivity contribution >= 4 is 40.7 Å². The second-order valence-corrected chi connectivity index (χ2v) is 5.53. The van der Waals surface area contributed by atoms with Gasteiger partial charge in [0.25, 0.3) is 0 Å². The summed E-state index contributed by atoms with van der Waals surface area (Å²) < 4.78 is 0. The third-order valence-electron chi connectivity index (χ3n) is 2.42. The third-order valence-corrected chi connectivity index (χ3v) is 4.05. The highest BCUT2D eigenvalue weighted by molar-refractivity contribution is 7.99. The van der Waals surface area contributed by atoms with E-state index < -0.39 is 0 Å². The molecule has 2 nitrogen and oxygen atoms in total. The number of nitrogens with zero attached hydrogens (tertiary/aromatic N) is 1. The lowest BCUT2D eigenvalue weighted by Crippen LogP contribution is -2.19. The van der Waals surface area contributed by atoms with E-state index in [1.165, 1.54) is 12.2 Å². The lowest BCUT2D eigenvalue weighted by molar-refractivity contribution is 0.810. The van der Waals surface area contributed by atoms with E-state index in [9.17, 15) is 0 Å². The zero-order valence-electron chi connectivity index (χ0n) is 8.39. The van der Waals surface area contributed by atoms with Gasteiger partial charge in [-0.15, -0.1) is 0 Å². The lowest BCUT2D eigenvalue weighted by atomic mass is 10.2. The van der Waals surface area contributed by atoms with Crippen molar-refractivity contribution in [2.75, 3.05) is 16.8 Å². The van der Waals surface area contributed by atoms with Crippen LogP contribution in [-0.2, 0) is 0 Å². The fraction of sp³-hybridized carbons (Fsp3) is 0.500. The second-order valence-electron chi connectivity index (χ2n) is 3.63. The SMILES string of the molecule is Cc1cc(Cl)nc(Cl)c1NC1CCSC1. The summed E-state index contributed by atoms with van der Waals surface area (Å²) in [6, 6.07) is 2.34. The first kappa shape index (κ1) is 11.4. The highest BCUT2D eigenvalue weighted by Crippen LogP contribution is 2.29. The second kappa shape index (κ2) is 4.81. The summed E-state index contributed by atoms with van der Waals surface area (Å²) in [6.07, 6.45) is 1.18. The number of halogens is 2. The minimum atomic E-state index is 0.448. The van der Waals surface area contributed by atoms with E-state index in [1.54, 1.807) is 0 Å². The van der Waals surface area contributed by atoms with Crippen molar-refractivity contribution in [1.82, 2.24) is 4.98 Å². The molecule has 0 aliphatic carbocycles. The predicted molar refractivity (Wildman–Crippen MR) is 68.3 cm³/mol. The Morgan fingerprint density at radius 3 is 2.93 bits per heavy atom. The molecular formula is C10H12Cl2N2S. The van der Waals surface area contributed by atoms with Gasteiger partial charge in [0.15, 0.2) is 5.15 Å². The third kappa shape index (κ3) is 2.71. The molecule has 1 aliphatic heterocycles. The largest absolute Gasteiger partial charge is 0.379 e. The van der Waals surface area contributed by atoms with Gasteiger partial charge < -0.3 is 5.32 Å². The van der Waals surface area contributed by atoms with Crippen molar-refractivity contribution in [3.63, 3.8) is 0 Å². The maximum absolute atomic E-state index is 6.05. The van der Waals surface area contributed by atoms with Gasteiger partial charge in [0.1, 0.15) is 5.15 Å². The quantitative estimate of drug-likeness (QED) is 0.825. The molecule has 15 heavy (non-hydrogen) atoms. The van der Waals surface area contributed by atoms with Crippen LogP contribution >= 0.6 is 35.0 Å². The van der Waals surface area contributed by atoms with Crippen LogP contribution in [0.25, 0.3) is 0 Å². The van der Waals surface area contributed by atoms with Gasteiger partial charge in [-0.05, 0) is 30.7 Å². The Bertz CT molecular complexity index is 341. The van der Waals surface area contributed by atoms with Gasteiger partial charge in [0, 0.05) is 11.8 Å². The number of nitrogens with one attached hydrogen (secondary N) is 1. The Hall–Kier alpha value is -0.120. The smallest absolute Gasteiger partial charge is 0.154 e. The molecule has 1 fully saturated rings. The molecule has 1 unspecified atom stereocenters. The Balaban J connectivity index is 2.19. The normalized spacial score (nSPS) is 20.6. The monoisotopic (exact) mass is 262 g/mol. The van der Waals surface area contributed by atoms with E-state index >= 15 is 0 Å². The number of hydrogen-bond acceptors (Lipinski definition) is 3. The first-order chi connectivity index (χ1) is 7.16. The van der Waals surface area contributed by atoms with Crippen LogP contribution < -0.4 is 5.32 Å². The minimum absolute atomic E-state index is 0.448. The first-order valence-corrected chi connectivity index (χ1v) is 6.75. The van der Waals surface area contributed by atoms with Gasteiger partial charge >= 0.3 is 0 Å². The maximum Gasteiger partial charge on any atom is 0.154 e. The Morgan fingerprint density at radius 2 is 2.33 bits per heavy atom. The molecule has 1 aliphatic rings. The first-order valence-electron chi connectivity index (χ1n) is 4.84. The number of pyridine rings is 1. The standard InChI is InChI=1S/C10H12Cl2N2S/c1-6-4-8(11)14-10(12)9(6)13-7-2-3-15-5-7/h4,7,13H,2-3,5H2,1H3. The summed E-state index contributed by atoms with van der Waals surface area (Å²) in [6.45, 7) is 1.99. The summed E-state index contributed by atoms with van der Waals surface area (Å²) >= 11 is 13.8. The molecule has 0 bridgehead atoms. The summed E-state index contributed by atoms with van der Waals surface area (Å²) in [4.78, 5) is 4.04. The number of hydrogen-bond donors (Lipinski definition) is 1. The van der Waals surface area contributed by atoms with Crippen LogP contribution in [0.15, 0.2) is 6.07 Å². The van der Waals surface area contributed by atoms with Gasteiger partial charge in [-0.2, -0.15) is 11.8 Å². The van der Waals surface area contributed by atoms with E-state index in [0.29, 0.717) is 16.3 Å².